The van der Waals surface area contributed by atoms with Crippen molar-refractivity contribution in [1.82, 2.24) is 5.32 Å². The number of alkyl halides is 3. The first kappa shape index (κ1) is 12.0. The van der Waals surface area contributed by atoms with Gasteiger partial charge in [-0.2, -0.15) is 13.2 Å². The molecule has 0 radical (unpaired) electrons. The highest BCUT2D eigenvalue weighted by atomic mass is 35.5. The fourth-order valence-electron chi connectivity index (χ4n) is 0.501. The van der Waals surface area contributed by atoms with Gasteiger partial charge in [0.15, 0.2) is 5.70 Å². The van der Waals surface area contributed by atoms with Crippen LogP contribution in [0.5, 0.6) is 0 Å². The molecule has 0 aromatic heterocycles. The summed E-state index contributed by atoms with van der Waals surface area (Å²) in [6, 6.07) is 0. The zero-order valence-corrected chi connectivity index (χ0v) is 7.33. The van der Waals surface area contributed by atoms with Crippen LogP contribution in [0.25, 0.3) is 0 Å². The Morgan fingerprint density at radius 2 is 2.00 bits per heavy atom. The molecule has 0 rings (SSSR count). The summed E-state index contributed by atoms with van der Waals surface area (Å²) < 4.78 is 36.0. The first-order valence-corrected chi connectivity index (χ1v) is 3.38. The third-order valence-corrected chi connectivity index (χ3v) is 1.41. The lowest BCUT2D eigenvalue weighted by Crippen LogP contribution is -2.22. The average molecular weight is 215 g/mol. The standard InChI is InChI=1S/C6H6ClF3N2O/c1-11-4(6(8,9)10)3(7)5(13)12-2/h1H2,2H3,(H,12,13)/b4-3+. The lowest BCUT2D eigenvalue weighted by Gasteiger charge is -2.07. The van der Waals surface area contributed by atoms with Crippen molar-refractivity contribution < 1.29 is 18.0 Å². The Balaban J connectivity index is 5.14. The molecule has 0 aromatic rings. The normalized spacial score (nSPS) is 13.3. The van der Waals surface area contributed by atoms with E-state index in [0.29, 0.717) is 0 Å². The maximum Gasteiger partial charge on any atom is 0.435 e. The van der Waals surface area contributed by atoms with E-state index in [2.05, 4.69) is 11.7 Å². The topological polar surface area (TPSA) is 41.5 Å². The van der Waals surface area contributed by atoms with E-state index in [-0.39, 0.29) is 0 Å². The van der Waals surface area contributed by atoms with Gasteiger partial charge in [0.1, 0.15) is 5.03 Å². The van der Waals surface area contributed by atoms with Crippen LogP contribution in [0, 0.1) is 0 Å². The molecule has 0 aromatic carbocycles. The summed E-state index contributed by atoms with van der Waals surface area (Å²) in [6.07, 6.45) is -4.77. The zero-order chi connectivity index (χ0) is 10.6. The van der Waals surface area contributed by atoms with Crippen molar-refractivity contribution in [1.29, 1.82) is 0 Å². The van der Waals surface area contributed by atoms with Crippen LogP contribution in [0.1, 0.15) is 0 Å². The van der Waals surface area contributed by atoms with Gasteiger partial charge in [-0.3, -0.25) is 9.79 Å². The molecule has 0 aliphatic rings. The van der Waals surface area contributed by atoms with Crippen molar-refractivity contribution in [2.75, 3.05) is 7.05 Å². The largest absolute Gasteiger partial charge is 0.435 e. The molecule has 74 valence electrons. The third kappa shape index (κ3) is 3.06. The summed E-state index contributed by atoms with van der Waals surface area (Å²) in [5.41, 5.74) is -1.49. The summed E-state index contributed by atoms with van der Waals surface area (Å²) in [5, 5.41) is 0.912. The molecule has 0 bridgehead atoms. The fourth-order valence-corrected chi connectivity index (χ4v) is 0.762. The Labute approximate surface area is 77.3 Å². The molecular weight excluding hydrogens is 209 g/mol. The quantitative estimate of drug-likeness (QED) is 0.549. The second-order valence-electron chi connectivity index (χ2n) is 1.90. The fraction of sp³-hybridized carbons (Fsp3) is 0.333. The maximum absolute atomic E-state index is 12.0. The van der Waals surface area contributed by atoms with Gasteiger partial charge in [-0.1, -0.05) is 11.6 Å². The Hall–Kier alpha value is -1.04. The number of likely N-dealkylation sites (N-methyl/N-ethyl adjacent to an activating group) is 1. The highest BCUT2D eigenvalue weighted by Gasteiger charge is 2.37. The van der Waals surface area contributed by atoms with E-state index in [1.54, 1.807) is 0 Å². The van der Waals surface area contributed by atoms with Gasteiger partial charge in [0, 0.05) is 7.05 Å². The monoisotopic (exact) mass is 214 g/mol. The highest BCUT2D eigenvalue weighted by molar-refractivity contribution is 6.42. The minimum atomic E-state index is -4.77. The van der Waals surface area contributed by atoms with Crippen molar-refractivity contribution >= 4 is 24.2 Å². The van der Waals surface area contributed by atoms with E-state index >= 15 is 0 Å². The van der Waals surface area contributed by atoms with Crippen LogP contribution in [0.15, 0.2) is 15.7 Å². The van der Waals surface area contributed by atoms with Crippen molar-refractivity contribution in [3.63, 3.8) is 0 Å². The number of rotatable bonds is 2. The second kappa shape index (κ2) is 4.27. The van der Waals surface area contributed by atoms with Crippen LogP contribution in [-0.2, 0) is 4.79 Å². The molecule has 1 amide bonds. The third-order valence-electron chi connectivity index (χ3n) is 1.06. The van der Waals surface area contributed by atoms with E-state index in [9.17, 15) is 18.0 Å². The first-order valence-electron chi connectivity index (χ1n) is 3.00. The molecule has 7 heteroatoms. The van der Waals surface area contributed by atoms with E-state index in [0.717, 1.165) is 7.05 Å². The van der Waals surface area contributed by atoms with Gasteiger partial charge in [-0.25, -0.2) is 0 Å². The zero-order valence-electron chi connectivity index (χ0n) is 6.57. The molecule has 0 atom stereocenters. The van der Waals surface area contributed by atoms with Crippen molar-refractivity contribution in [3.05, 3.63) is 10.7 Å². The second-order valence-corrected chi connectivity index (χ2v) is 2.28. The van der Waals surface area contributed by atoms with Gasteiger partial charge in [0.05, 0.1) is 0 Å². The molecule has 13 heavy (non-hydrogen) atoms. The smallest absolute Gasteiger partial charge is 0.354 e. The number of halogens is 4. The summed E-state index contributed by atoms with van der Waals surface area (Å²) in [6.45, 7) is 2.67. The minimum Gasteiger partial charge on any atom is -0.354 e. The van der Waals surface area contributed by atoms with Crippen LogP contribution in [0.4, 0.5) is 13.2 Å². The van der Waals surface area contributed by atoms with Gasteiger partial charge < -0.3 is 5.32 Å². The molecule has 1 N–H and O–H groups in total. The molecular formula is C6H6ClF3N2O. The Kier molecular flexibility index (Phi) is 3.93. The molecule has 0 aliphatic carbocycles. The van der Waals surface area contributed by atoms with Gasteiger partial charge >= 0.3 is 6.18 Å². The van der Waals surface area contributed by atoms with Crippen molar-refractivity contribution in [2.24, 2.45) is 4.99 Å². The van der Waals surface area contributed by atoms with E-state index < -0.39 is 22.8 Å². The molecule has 0 unspecified atom stereocenters. The lowest BCUT2D eigenvalue weighted by molar-refractivity contribution is -0.118. The minimum absolute atomic E-state index is 1.02. The Bertz CT molecular complexity index is 259. The molecule has 0 spiro atoms. The molecule has 0 saturated heterocycles. The van der Waals surface area contributed by atoms with E-state index in [1.807, 2.05) is 5.32 Å². The number of carbonyl (C=O) groups is 1. The summed E-state index contributed by atoms with van der Waals surface area (Å²) in [7, 11) is 1.15. The summed E-state index contributed by atoms with van der Waals surface area (Å²) in [4.78, 5) is 13.3. The Morgan fingerprint density at radius 1 is 1.54 bits per heavy atom. The Morgan fingerprint density at radius 3 is 2.23 bits per heavy atom. The predicted molar refractivity (Wildman–Crippen MR) is 42.5 cm³/mol. The molecule has 0 aliphatic heterocycles. The molecule has 0 heterocycles. The number of allylic oxidation sites excluding steroid dienone is 1. The van der Waals surface area contributed by atoms with Gasteiger partial charge in [-0.05, 0) is 6.72 Å². The number of hydrogen-bond acceptors (Lipinski definition) is 2. The van der Waals surface area contributed by atoms with Crippen LogP contribution in [0.3, 0.4) is 0 Å². The van der Waals surface area contributed by atoms with Crippen molar-refractivity contribution in [3.8, 4) is 0 Å². The van der Waals surface area contributed by atoms with Crippen LogP contribution in [0.2, 0.25) is 0 Å². The summed E-state index contributed by atoms with van der Waals surface area (Å²) in [5.74, 6) is -1.05. The first-order chi connectivity index (χ1) is 5.84. The number of amides is 1. The number of nitrogens with zero attached hydrogens (tertiary/aromatic N) is 1. The van der Waals surface area contributed by atoms with Crippen LogP contribution >= 0.6 is 11.6 Å². The van der Waals surface area contributed by atoms with Crippen molar-refractivity contribution in [2.45, 2.75) is 6.18 Å². The average Bonchev–Trinajstić information content (AvgIpc) is 2.01. The molecule has 3 nitrogen and oxygen atoms in total. The molecule has 0 fully saturated rings. The van der Waals surface area contributed by atoms with Gasteiger partial charge in [-0.15, -0.1) is 0 Å². The van der Waals surface area contributed by atoms with Crippen LogP contribution < -0.4 is 5.32 Å². The SMILES string of the molecule is C=N/C(=C(/Cl)C(=O)NC)C(F)(F)F. The molecule has 0 saturated carbocycles. The number of hydrogen-bond donors (Lipinski definition) is 1. The van der Waals surface area contributed by atoms with Gasteiger partial charge in [0.25, 0.3) is 5.91 Å². The number of aliphatic imine (C=N–C) groups is 1. The van der Waals surface area contributed by atoms with Crippen LogP contribution in [-0.4, -0.2) is 25.8 Å². The highest BCUT2D eigenvalue weighted by Crippen LogP contribution is 2.30. The maximum atomic E-state index is 12.0. The van der Waals surface area contributed by atoms with E-state index in [1.165, 1.54) is 0 Å². The van der Waals surface area contributed by atoms with Gasteiger partial charge in [0.2, 0.25) is 0 Å². The summed E-state index contributed by atoms with van der Waals surface area (Å²) >= 11 is 5.10. The predicted octanol–water partition coefficient (Wildman–Crippen LogP) is 1.45. The lowest BCUT2D eigenvalue weighted by atomic mass is 10.3. The number of nitrogens with one attached hydrogen (secondary N) is 1. The number of carbonyl (C=O) groups excluding carboxylic acids is 1. The van der Waals surface area contributed by atoms with E-state index in [4.69, 9.17) is 11.6 Å².